The molecule has 2 aromatic heterocycles. The summed E-state index contributed by atoms with van der Waals surface area (Å²) in [6, 6.07) is 9.93. The summed E-state index contributed by atoms with van der Waals surface area (Å²) >= 11 is 2.92. The van der Waals surface area contributed by atoms with Gasteiger partial charge >= 0.3 is 0 Å². The highest BCUT2D eigenvalue weighted by atomic mass is 32.2. The van der Waals surface area contributed by atoms with E-state index in [1.54, 1.807) is 24.8 Å². The van der Waals surface area contributed by atoms with Crippen molar-refractivity contribution in [1.29, 1.82) is 0 Å². The second kappa shape index (κ2) is 6.93. The highest BCUT2D eigenvalue weighted by Gasteiger charge is 2.14. The minimum absolute atomic E-state index is 0.228. The average molecular weight is 346 g/mol. The molecule has 6 nitrogen and oxygen atoms in total. The number of nitrogens with zero attached hydrogens (tertiary/aromatic N) is 3. The van der Waals surface area contributed by atoms with E-state index in [0.717, 1.165) is 10.1 Å². The van der Waals surface area contributed by atoms with E-state index in [1.165, 1.54) is 22.5 Å². The molecule has 0 aliphatic rings. The van der Waals surface area contributed by atoms with Gasteiger partial charge in [0.1, 0.15) is 5.76 Å². The molecular weight excluding hydrogens is 332 g/mol. The van der Waals surface area contributed by atoms with Crippen molar-refractivity contribution < 1.29 is 9.32 Å². The number of amides is 1. The topological polar surface area (TPSA) is 80.9 Å². The van der Waals surface area contributed by atoms with Gasteiger partial charge in [0.15, 0.2) is 10.0 Å². The molecule has 23 heavy (non-hydrogen) atoms. The number of carbonyl (C=O) groups is 1. The number of thioether (sulfide) groups is 1. The molecule has 0 atom stereocenters. The number of aryl methyl sites for hydroxylation is 2. The molecule has 0 aliphatic carbocycles. The van der Waals surface area contributed by atoms with Crippen LogP contribution in [0.2, 0.25) is 0 Å². The van der Waals surface area contributed by atoms with Crippen molar-refractivity contribution in [3.8, 4) is 0 Å². The first-order valence-electron chi connectivity index (χ1n) is 6.86. The minimum Gasteiger partial charge on any atom is -0.361 e. The molecule has 118 valence electrons. The average Bonchev–Trinajstić information content (AvgIpc) is 3.16. The fraction of sp³-hybridized carbons (Fsp3) is 0.200. The van der Waals surface area contributed by atoms with E-state index in [9.17, 15) is 4.79 Å². The first kappa shape index (κ1) is 15.7. The van der Waals surface area contributed by atoms with Gasteiger partial charge < -0.3 is 4.52 Å². The number of carbonyl (C=O) groups excluding carboxylic acids is 1. The van der Waals surface area contributed by atoms with E-state index >= 15 is 0 Å². The number of benzene rings is 1. The van der Waals surface area contributed by atoms with Crippen molar-refractivity contribution in [2.24, 2.45) is 0 Å². The maximum atomic E-state index is 11.9. The van der Waals surface area contributed by atoms with E-state index < -0.39 is 0 Å². The number of nitrogens with one attached hydrogen (secondary N) is 1. The zero-order valence-electron chi connectivity index (χ0n) is 12.6. The zero-order valence-corrected chi connectivity index (χ0v) is 14.2. The quantitative estimate of drug-likeness (QED) is 0.560. The third kappa shape index (κ3) is 4.17. The van der Waals surface area contributed by atoms with Crippen molar-refractivity contribution in [3.05, 3.63) is 52.9 Å². The summed E-state index contributed by atoms with van der Waals surface area (Å²) in [5, 5.41) is 14.8. The van der Waals surface area contributed by atoms with Crippen LogP contribution in [0.15, 0.2) is 39.2 Å². The molecule has 0 radical (unpaired) electrons. The summed E-state index contributed by atoms with van der Waals surface area (Å²) in [6.45, 7) is 3.79. The van der Waals surface area contributed by atoms with Gasteiger partial charge in [-0.1, -0.05) is 58.1 Å². The van der Waals surface area contributed by atoms with Crippen molar-refractivity contribution in [1.82, 2.24) is 15.4 Å². The fourth-order valence-corrected chi connectivity index (χ4v) is 3.49. The molecule has 1 N–H and O–H groups in total. The van der Waals surface area contributed by atoms with E-state index in [1.807, 2.05) is 0 Å². The Bertz CT molecular complexity index is 811. The largest absolute Gasteiger partial charge is 0.361 e. The lowest BCUT2D eigenvalue weighted by Crippen LogP contribution is -2.11. The highest BCUT2D eigenvalue weighted by molar-refractivity contribution is 8.00. The van der Waals surface area contributed by atoms with Crippen LogP contribution in [-0.4, -0.2) is 21.3 Å². The second-order valence-electron chi connectivity index (χ2n) is 4.92. The maximum absolute atomic E-state index is 11.9. The Balaban J connectivity index is 1.57. The van der Waals surface area contributed by atoms with Gasteiger partial charge in [-0.2, -0.15) is 0 Å². The monoisotopic (exact) mass is 346 g/mol. The van der Waals surface area contributed by atoms with Crippen molar-refractivity contribution in [2.45, 2.75) is 23.9 Å². The van der Waals surface area contributed by atoms with Crippen LogP contribution >= 0.6 is 23.1 Å². The third-order valence-corrected chi connectivity index (χ3v) is 5.01. The van der Waals surface area contributed by atoms with Crippen molar-refractivity contribution >= 4 is 34.1 Å². The van der Waals surface area contributed by atoms with Crippen LogP contribution < -0.4 is 5.32 Å². The van der Waals surface area contributed by atoms with Crippen LogP contribution in [0.4, 0.5) is 5.13 Å². The normalized spacial score (nSPS) is 10.7. The summed E-state index contributed by atoms with van der Waals surface area (Å²) in [5.41, 5.74) is 2.69. The van der Waals surface area contributed by atoms with E-state index in [-0.39, 0.29) is 11.6 Å². The van der Waals surface area contributed by atoms with Gasteiger partial charge in [0, 0.05) is 11.8 Å². The van der Waals surface area contributed by atoms with E-state index in [2.05, 4.69) is 51.9 Å². The zero-order chi connectivity index (χ0) is 16.2. The molecule has 2 heterocycles. The van der Waals surface area contributed by atoms with Gasteiger partial charge in [0.05, 0.1) is 0 Å². The maximum Gasteiger partial charge on any atom is 0.279 e. The van der Waals surface area contributed by atoms with E-state index in [4.69, 9.17) is 4.52 Å². The summed E-state index contributed by atoms with van der Waals surface area (Å²) in [5.74, 6) is 1.04. The first-order chi connectivity index (χ1) is 11.1. The van der Waals surface area contributed by atoms with Crippen LogP contribution in [0, 0.1) is 13.8 Å². The molecule has 0 bridgehead atoms. The molecular formula is C15H14N4O2S2. The molecule has 0 aliphatic heterocycles. The number of rotatable bonds is 5. The summed E-state index contributed by atoms with van der Waals surface area (Å²) in [4.78, 5) is 11.9. The van der Waals surface area contributed by atoms with Crippen molar-refractivity contribution in [2.75, 3.05) is 5.32 Å². The fourth-order valence-electron chi connectivity index (χ4n) is 1.78. The molecule has 0 unspecified atom stereocenters. The Morgan fingerprint density at radius 2 is 2.04 bits per heavy atom. The molecule has 0 saturated carbocycles. The lowest BCUT2D eigenvalue weighted by Gasteiger charge is -1.99. The Labute approximate surface area is 141 Å². The summed E-state index contributed by atoms with van der Waals surface area (Å²) in [7, 11) is 0. The Morgan fingerprint density at radius 3 is 2.74 bits per heavy atom. The molecule has 1 amide bonds. The van der Waals surface area contributed by atoms with Crippen LogP contribution in [0.3, 0.4) is 0 Å². The third-order valence-electron chi connectivity index (χ3n) is 2.97. The highest BCUT2D eigenvalue weighted by Crippen LogP contribution is 2.28. The molecule has 3 rings (SSSR count). The Kier molecular flexibility index (Phi) is 4.73. The number of aromatic nitrogens is 3. The van der Waals surface area contributed by atoms with Gasteiger partial charge in [0.25, 0.3) is 5.91 Å². The molecule has 0 fully saturated rings. The summed E-state index contributed by atoms with van der Waals surface area (Å²) in [6.07, 6.45) is 0. The molecule has 1 aromatic carbocycles. The standard InChI is InChI=1S/C15H14N4O2S2/c1-9-3-5-11(6-4-9)8-22-15-18-17-14(23-15)16-13(20)12-7-10(2)21-19-12/h3-7H,8H2,1-2H3,(H,16,17,20). The smallest absolute Gasteiger partial charge is 0.279 e. The molecule has 0 spiro atoms. The van der Waals surface area contributed by atoms with Crippen LogP contribution in [-0.2, 0) is 5.75 Å². The van der Waals surface area contributed by atoms with E-state index in [0.29, 0.717) is 10.9 Å². The number of hydrogen-bond acceptors (Lipinski definition) is 7. The second-order valence-corrected chi connectivity index (χ2v) is 7.12. The van der Waals surface area contributed by atoms with Gasteiger partial charge in [-0.3, -0.25) is 10.1 Å². The Morgan fingerprint density at radius 1 is 1.26 bits per heavy atom. The first-order valence-corrected chi connectivity index (χ1v) is 8.67. The lowest BCUT2D eigenvalue weighted by atomic mass is 10.2. The predicted octanol–water partition coefficient (Wildman–Crippen LogP) is 3.69. The minimum atomic E-state index is -0.354. The van der Waals surface area contributed by atoms with Gasteiger partial charge in [-0.15, -0.1) is 10.2 Å². The van der Waals surface area contributed by atoms with Crippen LogP contribution in [0.1, 0.15) is 27.4 Å². The Hall–Kier alpha value is -2.19. The predicted molar refractivity (Wildman–Crippen MR) is 89.8 cm³/mol. The van der Waals surface area contributed by atoms with Gasteiger partial charge in [-0.05, 0) is 19.4 Å². The number of hydrogen-bond donors (Lipinski definition) is 1. The lowest BCUT2D eigenvalue weighted by molar-refractivity contribution is 0.101. The molecule has 3 aromatic rings. The molecule has 0 saturated heterocycles. The molecule has 8 heteroatoms. The SMILES string of the molecule is Cc1ccc(CSc2nnc(NC(=O)c3cc(C)on3)s2)cc1. The van der Waals surface area contributed by atoms with Crippen LogP contribution in [0.25, 0.3) is 0 Å². The van der Waals surface area contributed by atoms with Gasteiger partial charge in [-0.25, -0.2) is 0 Å². The van der Waals surface area contributed by atoms with Crippen molar-refractivity contribution in [3.63, 3.8) is 0 Å². The summed E-state index contributed by atoms with van der Waals surface area (Å²) < 4.78 is 5.68. The van der Waals surface area contributed by atoms with Gasteiger partial charge in [0.2, 0.25) is 5.13 Å². The van der Waals surface area contributed by atoms with Crippen LogP contribution in [0.5, 0.6) is 0 Å². The number of anilines is 1.